The van der Waals surface area contributed by atoms with E-state index in [4.69, 9.17) is 0 Å². The molecule has 6 radical (unpaired) electrons. The van der Waals surface area contributed by atoms with E-state index in [0.29, 0.717) is 0 Å². The van der Waals surface area contributed by atoms with Gasteiger partial charge in [0.1, 0.15) is 0 Å². The molecule has 0 fully saturated rings. The van der Waals surface area contributed by atoms with Gasteiger partial charge in [0, 0.05) is 0 Å². The molecule has 0 aromatic heterocycles. The molecular formula is F6Sn3. The van der Waals surface area contributed by atoms with Crippen LogP contribution in [0.2, 0.25) is 0 Å². The van der Waals surface area contributed by atoms with Crippen LogP contribution in [0.15, 0.2) is 0 Å². The van der Waals surface area contributed by atoms with Gasteiger partial charge in [-0.05, 0) is 0 Å². The average molecular weight is 470 g/mol. The van der Waals surface area contributed by atoms with Crippen molar-refractivity contribution in [2.75, 3.05) is 0 Å². The minimum atomic E-state index is -5.04. The first-order valence-corrected chi connectivity index (χ1v) is 7.61. The summed E-state index contributed by atoms with van der Waals surface area (Å²) in [6, 6.07) is 0. The van der Waals surface area contributed by atoms with E-state index < -0.39 is 43.8 Å². The Hall–Kier alpha value is 1.98. The van der Waals surface area contributed by atoms with Crippen LogP contribution in [-0.4, -0.2) is 66.9 Å². The molecule has 54 valence electrons. The molecule has 0 N–H and O–H groups in total. The van der Waals surface area contributed by atoms with Crippen molar-refractivity contribution in [3.8, 4) is 0 Å². The van der Waals surface area contributed by atoms with Crippen molar-refractivity contribution >= 4 is 66.9 Å². The third-order valence-corrected chi connectivity index (χ3v) is 0. The summed E-state index contributed by atoms with van der Waals surface area (Å²) in [5.41, 5.74) is 0. The molecule has 0 heterocycles. The Bertz CT molecular complexity index is 19.5. The standard InChI is InChI=1S/6FH.3Sn/h6*1H;;;/q;;;;;;+1;+2;+3/p-6. The summed E-state index contributed by atoms with van der Waals surface area (Å²) >= 11 is -7.76. The monoisotopic (exact) mass is 474 g/mol. The molecule has 9 heteroatoms. The third kappa shape index (κ3) is 163. The predicted octanol–water partition coefficient (Wildman–Crippen LogP) is 1.38. The van der Waals surface area contributed by atoms with Gasteiger partial charge in [0.2, 0.25) is 0 Å². The van der Waals surface area contributed by atoms with Crippen molar-refractivity contribution in [1.82, 2.24) is 0 Å². The summed E-state index contributed by atoms with van der Waals surface area (Å²) in [7, 11) is 0. The summed E-state index contributed by atoms with van der Waals surface area (Å²) in [6.45, 7) is 0. The summed E-state index contributed by atoms with van der Waals surface area (Å²) in [6.07, 6.45) is 0. The number of hydrogen-bond donors (Lipinski definition) is 0. The third-order valence-electron chi connectivity index (χ3n) is 0. The minimum absolute atomic E-state index is 0.0500. The fourth-order valence-corrected chi connectivity index (χ4v) is 0. The second-order valence-electron chi connectivity index (χ2n) is 0.286. The van der Waals surface area contributed by atoms with Gasteiger partial charge in [-0.3, -0.25) is 0 Å². The summed E-state index contributed by atoms with van der Waals surface area (Å²) in [4.78, 5) is 0. The first-order valence-electron chi connectivity index (χ1n) is 1.13. The zero-order valence-electron chi connectivity index (χ0n) is 3.77. The predicted molar refractivity (Wildman–Crippen MR) is 23.9 cm³/mol. The van der Waals surface area contributed by atoms with Crippen molar-refractivity contribution < 1.29 is 17.2 Å². The van der Waals surface area contributed by atoms with Crippen LogP contribution in [0.1, 0.15) is 0 Å². The molecule has 0 spiro atoms. The van der Waals surface area contributed by atoms with Crippen LogP contribution < -0.4 is 0 Å². The molecule has 0 saturated heterocycles. The van der Waals surface area contributed by atoms with E-state index in [0.717, 1.165) is 0 Å². The van der Waals surface area contributed by atoms with Crippen molar-refractivity contribution in [3.63, 3.8) is 0 Å². The second kappa shape index (κ2) is 22.5. The van der Waals surface area contributed by atoms with Gasteiger partial charge in [0.15, 0.2) is 0 Å². The molecular weight excluding hydrogens is 470 g/mol. The fourth-order valence-electron chi connectivity index (χ4n) is 0. The van der Waals surface area contributed by atoms with E-state index in [9.17, 15) is 17.2 Å². The van der Waals surface area contributed by atoms with Crippen LogP contribution in [0.25, 0.3) is 0 Å². The summed E-state index contributed by atoms with van der Waals surface area (Å²) in [5.74, 6) is 0. The Morgan fingerprint density at radius 3 is 1.00 bits per heavy atom. The van der Waals surface area contributed by atoms with Gasteiger partial charge < -0.3 is 0 Å². The van der Waals surface area contributed by atoms with Gasteiger partial charge in [0.25, 0.3) is 0 Å². The van der Waals surface area contributed by atoms with Crippen molar-refractivity contribution in [2.24, 2.45) is 0 Å². The van der Waals surface area contributed by atoms with Crippen LogP contribution >= 0.6 is 0 Å². The van der Waals surface area contributed by atoms with Crippen molar-refractivity contribution in [2.45, 2.75) is 0 Å². The van der Waals surface area contributed by atoms with Gasteiger partial charge in [0.05, 0.1) is 0 Å². The molecule has 0 amide bonds. The first kappa shape index (κ1) is 17.2. The molecule has 9 heavy (non-hydrogen) atoms. The van der Waals surface area contributed by atoms with Crippen molar-refractivity contribution in [1.29, 1.82) is 0 Å². The van der Waals surface area contributed by atoms with E-state index in [1.54, 1.807) is 0 Å². The van der Waals surface area contributed by atoms with Crippen LogP contribution in [0.5, 0.6) is 0 Å². The van der Waals surface area contributed by atoms with Gasteiger partial charge in [-0.2, -0.15) is 0 Å². The molecule has 0 aliphatic rings. The van der Waals surface area contributed by atoms with E-state index in [1.807, 2.05) is 0 Å². The van der Waals surface area contributed by atoms with Crippen LogP contribution in [0.4, 0.5) is 17.2 Å². The van der Waals surface area contributed by atoms with Crippen LogP contribution in [-0.2, 0) is 0 Å². The van der Waals surface area contributed by atoms with E-state index >= 15 is 0 Å². The quantitative estimate of drug-likeness (QED) is 0.371. The molecule has 0 aliphatic carbocycles. The average Bonchev–Trinajstić information content (AvgIpc) is 1.71. The van der Waals surface area contributed by atoms with E-state index in [2.05, 4.69) is 0 Å². The molecule has 0 rings (SSSR count). The first-order chi connectivity index (χ1) is 4.15. The molecule has 0 nitrogen and oxygen atoms in total. The normalized spacial score (nSPS) is 6.67. The Morgan fingerprint density at radius 2 is 1.00 bits per heavy atom. The van der Waals surface area contributed by atoms with Gasteiger partial charge in [-0.1, -0.05) is 0 Å². The molecule has 0 unspecified atom stereocenters. The van der Waals surface area contributed by atoms with Crippen LogP contribution in [0.3, 0.4) is 0 Å². The molecule has 0 saturated carbocycles. The molecule has 0 bridgehead atoms. The van der Waals surface area contributed by atoms with Gasteiger partial charge in [-0.25, -0.2) is 0 Å². The Labute approximate surface area is 83.1 Å². The molecule has 0 aromatic rings. The fraction of sp³-hybridized carbons (Fsp3) is 0. The zero-order valence-corrected chi connectivity index (χ0v) is 12.3. The number of rotatable bonds is 0. The van der Waals surface area contributed by atoms with Gasteiger partial charge in [-0.15, -0.1) is 0 Å². The van der Waals surface area contributed by atoms with E-state index in [-0.39, 0.29) is 23.1 Å². The SMILES string of the molecule is [F][Sn].[F][Sn]([F])[F].[F][Sn][F]. The molecule has 0 atom stereocenters. The molecule has 0 aliphatic heterocycles. The second-order valence-corrected chi connectivity index (χ2v) is 1.92. The summed E-state index contributed by atoms with van der Waals surface area (Å²) in [5, 5.41) is 0. The van der Waals surface area contributed by atoms with Gasteiger partial charge >= 0.3 is 84.1 Å². The van der Waals surface area contributed by atoms with Crippen LogP contribution in [0, 0.1) is 0 Å². The zero-order chi connectivity index (χ0) is 8.28. The Balaban J connectivity index is -0.0000000646. The Morgan fingerprint density at radius 1 is 1.00 bits per heavy atom. The maximum atomic E-state index is 9.86. The van der Waals surface area contributed by atoms with Crippen molar-refractivity contribution in [3.05, 3.63) is 0 Å². The number of hydrogen-bond acceptors (Lipinski definition) is 0. The summed E-state index contributed by atoms with van der Waals surface area (Å²) < 4.78 is 58.8. The number of halogens is 6. The molecule has 0 aromatic carbocycles. The maximum absolute atomic E-state index is 9.86. The topological polar surface area (TPSA) is 0 Å². The Kier molecular flexibility index (Phi) is 42.9. The van der Waals surface area contributed by atoms with E-state index in [1.165, 1.54) is 0 Å².